The topological polar surface area (TPSA) is 124 Å². The standard InChI is InChI=1S/C35H33F3N2O7S/c36-35(37,38)47-29-16-12-25(13-17-29)24-39-33(42)34(20-23-48(43,44)30-10-5-2-6-11-30)31(26-8-3-1-4-9-26)46-32(40-34)27-14-18-28(19-15-27)45-22-7-21-41/h1-6,8-19,31,41H,7,20-24H2,(H,39,42)/t31-,34-/m1/s1. The van der Waals surface area contributed by atoms with Crippen molar-refractivity contribution in [3.05, 3.63) is 126 Å². The van der Waals surface area contributed by atoms with Crippen LogP contribution in [0.5, 0.6) is 11.5 Å². The number of aliphatic imine (C=N–C) groups is 1. The predicted octanol–water partition coefficient (Wildman–Crippen LogP) is 5.78. The lowest BCUT2D eigenvalue weighted by atomic mass is 9.85. The van der Waals surface area contributed by atoms with E-state index in [1.54, 1.807) is 72.8 Å². The molecule has 48 heavy (non-hydrogen) atoms. The van der Waals surface area contributed by atoms with E-state index in [0.717, 1.165) is 12.1 Å². The van der Waals surface area contributed by atoms with Gasteiger partial charge in [-0.3, -0.25) is 4.79 Å². The number of ether oxygens (including phenoxy) is 3. The molecule has 0 aromatic heterocycles. The SMILES string of the molecule is O=C(NCc1ccc(OC(F)(F)F)cc1)[C@]1(CCS(=O)(=O)c2ccccc2)N=C(c2ccc(OCCCO)cc2)O[C@@H]1c1ccccc1. The molecule has 0 fully saturated rings. The van der Waals surface area contributed by atoms with Gasteiger partial charge in [-0.2, -0.15) is 0 Å². The fraction of sp³-hybridized carbons (Fsp3) is 0.257. The van der Waals surface area contributed by atoms with Crippen molar-refractivity contribution < 1.29 is 45.7 Å². The molecule has 5 rings (SSSR count). The van der Waals surface area contributed by atoms with E-state index in [1.807, 2.05) is 0 Å². The van der Waals surface area contributed by atoms with E-state index in [4.69, 9.17) is 19.6 Å². The quantitative estimate of drug-likeness (QED) is 0.162. The van der Waals surface area contributed by atoms with Crippen LogP contribution in [0.3, 0.4) is 0 Å². The minimum atomic E-state index is -4.85. The summed E-state index contributed by atoms with van der Waals surface area (Å²) < 4.78 is 80.8. The van der Waals surface area contributed by atoms with Crippen LogP contribution in [-0.4, -0.2) is 56.2 Å². The highest BCUT2D eigenvalue weighted by Gasteiger charge is 2.53. The Kier molecular flexibility index (Phi) is 10.7. The maximum atomic E-state index is 14.3. The third kappa shape index (κ3) is 8.52. The van der Waals surface area contributed by atoms with Crippen LogP contribution in [0.25, 0.3) is 0 Å². The second-order valence-corrected chi connectivity index (χ2v) is 13.1. The molecule has 1 amide bonds. The Morgan fingerprint density at radius 3 is 2.15 bits per heavy atom. The fourth-order valence-electron chi connectivity index (χ4n) is 5.18. The van der Waals surface area contributed by atoms with Gasteiger partial charge in [0.2, 0.25) is 5.90 Å². The van der Waals surface area contributed by atoms with E-state index in [9.17, 15) is 26.4 Å². The number of carbonyl (C=O) groups excluding carboxylic acids is 1. The van der Waals surface area contributed by atoms with E-state index in [2.05, 4.69) is 10.1 Å². The zero-order valence-corrected chi connectivity index (χ0v) is 26.4. The number of nitrogens with one attached hydrogen (secondary N) is 1. The summed E-state index contributed by atoms with van der Waals surface area (Å²) in [5, 5.41) is 11.8. The average molecular weight is 683 g/mol. The second-order valence-electron chi connectivity index (χ2n) is 11.0. The summed E-state index contributed by atoms with van der Waals surface area (Å²) in [5.74, 6) is -0.807. The summed E-state index contributed by atoms with van der Waals surface area (Å²) in [4.78, 5) is 19.2. The van der Waals surface area contributed by atoms with E-state index in [0.29, 0.717) is 35.5 Å². The Balaban J connectivity index is 1.49. The van der Waals surface area contributed by atoms with Gasteiger partial charge in [0.15, 0.2) is 21.5 Å². The number of halogens is 3. The van der Waals surface area contributed by atoms with E-state index in [1.165, 1.54) is 24.3 Å². The lowest BCUT2D eigenvalue weighted by Crippen LogP contribution is -2.49. The van der Waals surface area contributed by atoms with Gasteiger partial charge >= 0.3 is 6.36 Å². The van der Waals surface area contributed by atoms with Gasteiger partial charge in [-0.05, 0) is 59.7 Å². The zero-order valence-electron chi connectivity index (χ0n) is 25.6. The lowest BCUT2D eigenvalue weighted by Gasteiger charge is -2.30. The number of rotatable bonds is 14. The number of nitrogens with zero attached hydrogens (tertiary/aromatic N) is 1. The minimum absolute atomic E-state index is 0.00841. The first-order valence-electron chi connectivity index (χ1n) is 15.1. The highest BCUT2D eigenvalue weighted by atomic mass is 32.2. The third-order valence-corrected chi connectivity index (χ3v) is 9.33. The first kappa shape index (κ1) is 34.5. The molecule has 0 aliphatic carbocycles. The molecule has 4 aromatic carbocycles. The molecule has 252 valence electrons. The van der Waals surface area contributed by atoms with E-state index < -0.39 is 45.3 Å². The smallest absolute Gasteiger partial charge is 0.494 e. The van der Waals surface area contributed by atoms with Gasteiger partial charge in [-0.15, -0.1) is 13.2 Å². The van der Waals surface area contributed by atoms with E-state index in [-0.39, 0.29) is 30.4 Å². The molecule has 1 aliphatic rings. The van der Waals surface area contributed by atoms with Gasteiger partial charge in [-0.1, -0.05) is 60.7 Å². The number of alkyl halides is 3. The summed E-state index contributed by atoms with van der Waals surface area (Å²) in [7, 11) is -3.86. The molecule has 4 aromatic rings. The van der Waals surface area contributed by atoms with Crippen LogP contribution in [0.1, 0.15) is 35.6 Å². The first-order chi connectivity index (χ1) is 23.0. The van der Waals surface area contributed by atoms with Crippen LogP contribution < -0.4 is 14.8 Å². The maximum absolute atomic E-state index is 14.3. The maximum Gasteiger partial charge on any atom is 0.573 e. The van der Waals surface area contributed by atoms with Crippen LogP contribution in [0, 0.1) is 0 Å². The van der Waals surface area contributed by atoms with Gasteiger partial charge in [-0.25, -0.2) is 13.4 Å². The van der Waals surface area contributed by atoms with Crippen molar-refractivity contribution in [2.24, 2.45) is 4.99 Å². The summed E-state index contributed by atoms with van der Waals surface area (Å²) in [6.45, 7) is 0.219. The molecule has 1 aliphatic heterocycles. The zero-order chi connectivity index (χ0) is 34.2. The normalized spacial score (nSPS) is 17.7. The van der Waals surface area contributed by atoms with E-state index >= 15 is 0 Å². The largest absolute Gasteiger partial charge is 0.573 e. The molecule has 2 N–H and O–H groups in total. The van der Waals surface area contributed by atoms with Crippen LogP contribution >= 0.6 is 0 Å². The summed E-state index contributed by atoms with van der Waals surface area (Å²) >= 11 is 0. The molecule has 0 saturated heterocycles. The Hall–Kier alpha value is -4.88. The highest BCUT2D eigenvalue weighted by molar-refractivity contribution is 7.91. The Bertz CT molecular complexity index is 1800. The minimum Gasteiger partial charge on any atom is -0.494 e. The van der Waals surface area contributed by atoms with Crippen molar-refractivity contribution in [1.29, 1.82) is 0 Å². The molecule has 0 bridgehead atoms. The number of aliphatic hydroxyl groups is 1. The number of benzene rings is 4. The van der Waals surface area contributed by atoms with Crippen molar-refractivity contribution in [3.8, 4) is 11.5 Å². The predicted molar refractivity (Wildman–Crippen MR) is 171 cm³/mol. The fourth-order valence-corrected chi connectivity index (χ4v) is 6.57. The molecule has 9 nitrogen and oxygen atoms in total. The number of sulfone groups is 1. The molecule has 0 spiro atoms. The van der Waals surface area contributed by atoms with Gasteiger partial charge in [0.1, 0.15) is 11.5 Å². The Morgan fingerprint density at radius 2 is 1.52 bits per heavy atom. The van der Waals surface area contributed by atoms with Crippen LogP contribution in [0.2, 0.25) is 0 Å². The summed E-state index contributed by atoms with van der Waals surface area (Å²) in [6, 6.07) is 28.6. The summed E-state index contributed by atoms with van der Waals surface area (Å²) in [5.41, 5.74) is -0.178. The molecule has 13 heteroatoms. The molecule has 0 unspecified atom stereocenters. The van der Waals surface area contributed by atoms with Crippen molar-refractivity contribution in [2.75, 3.05) is 19.0 Å². The molecular weight excluding hydrogens is 649 g/mol. The molecular formula is C35H33F3N2O7S. The first-order valence-corrected chi connectivity index (χ1v) is 16.7. The number of hydrogen-bond donors (Lipinski definition) is 2. The number of amides is 1. The summed E-state index contributed by atoms with van der Waals surface area (Å²) in [6.07, 6.45) is -5.66. The molecule has 0 radical (unpaired) electrons. The van der Waals surface area contributed by atoms with Crippen molar-refractivity contribution in [2.45, 2.75) is 42.3 Å². The molecule has 0 saturated carbocycles. The van der Waals surface area contributed by atoms with Crippen molar-refractivity contribution in [3.63, 3.8) is 0 Å². The van der Waals surface area contributed by atoms with Gasteiger partial charge < -0.3 is 24.6 Å². The van der Waals surface area contributed by atoms with Crippen molar-refractivity contribution >= 4 is 21.6 Å². The highest BCUT2D eigenvalue weighted by Crippen LogP contribution is 2.43. The monoisotopic (exact) mass is 682 g/mol. The molecule has 2 atom stereocenters. The van der Waals surface area contributed by atoms with Crippen LogP contribution in [0.4, 0.5) is 13.2 Å². The van der Waals surface area contributed by atoms with Crippen LogP contribution in [-0.2, 0) is 25.9 Å². The third-order valence-electron chi connectivity index (χ3n) is 7.60. The Morgan fingerprint density at radius 1 is 0.896 bits per heavy atom. The number of aliphatic hydroxyl groups excluding tert-OH is 1. The number of carbonyl (C=O) groups is 1. The Labute approximate surface area is 275 Å². The van der Waals surface area contributed by atoms with Gasteiger partial charge in [0.05, 0.1) is 17.3 Å². The number of hydrogen-bond acceptors (Lipinski definition) is 8. The van der Waals surface area contributed by atoms with Crippen molar-refractivity contribution in [1.82, 2.24) is 5.32 Å². The molecule has 1 heterocycles. The van der Waals surface area contributed by atoms with Gasteiger partial charge in [0, 0.05) is 31.6 Å². The lowest BCUT2D eigenvalue weighted by molar-refractivity contribution is -0.274. The second kappa shape index (κ2) is 14.9. The van der Waals surface area contributed by atoms with Gasteiger partial charge in [0.25, 0.3) is 5.91 Å². The average Bonchev–Trinajstić information content (AvgIpc) is 3.48. The van der Waals surface area contributed by atoms with Crippen LogP contribution in [0.15, 0.2) is 119 Å².